The van der Waals surface area contributed by atoms with Gasteiger partial charge in [-0.2, -0.15) is 0 Å². The maximum atomic E-state index is 14.1. The normalized spacial score (nSPS) is 21.8. The molecule has 0 amide bonds. The highest BCUT2D eigenvalue weighted by molar-refractivity contribution is 6.07. The molecule has 0 saturated heterocycles. The summed E-state index contributed by atoms with van der Waals surface area (Å²) >= 11 is 0. The number of esters is 4. The molecule has 4 atom stereocenters. The van der Waals surface area contributed by atoms with Gasteiger partial charge in [0.15, 0.2) is 11.9 Å². The molecule has 0 bridgehead atoms. The van der Waals surface area contributed by atoms with Gasteiger partial charge in [-0.15, -0.1) is 0 Å². The van der Waals surface area contributed by atoms with Gasteiger partial charge in [0.25, 0.3) is 0 Å². The van der Waals surface area contributed by atoms with Crippen LogP contribution in [0.2, 0.25) is 0 Å². The van der Waals surface area contributed by atoms with Gasteiger partial charge in [0, 0.05) is 45.7 Å². The van der Waals surface area contributed by atoms with Gasteiger partial charge in [-0.05, 0) is 51.3 Å². The minimum Gasteiger partial charge on any atom is -0.483 e. The van der Waals surface area contributed by atoms with Crippen molar-refractivity contribution in [1.29, 1.82) is 0 Å². The second-order valence-corrected chi connectivity index (χ2v) is 11.3. The van der Waals surface area contributed by atoms with Crippen molar-refractivity contribution in [2.75, 3.05) is 0 Å². The third-order valence-corrected chi connectivity index (χ3v) is 7.27. The molecule has 11 nitrogen and oxygen atoms in total. The molecular formula is C33H36O11. The Bertz CT molecular complexity index is 1520. The minimum absolute atomic E-state index is 0.0556. The van der Waals surface area contributed by atoms with Crippen molar-refractivity contribution in [3.05, 3.63) is 58.7 Å². The maximum absolute atomic E-state index is 14.1. The Hall–Kier alpha value is -4.67. The Morgan fingerprint density at radius 2 is 1.52 bits per heavy atom. The van der Waals surface area contributed by atoms with Gasteiger partial charge in [0.1, 0.15) is 34.5 Å². The lowest BCUT2D eigenvalue weighted by molar-refractivity contribution is -0.161. The fraction of sp³-hybridized carbons (Fsp3) is 0.424. The third-order valence-electron chi connectivity index (χ3n) is 7.27. The number of ether oxygens (including phenoxy) is 6. The third kappa shape index (κ3) is 7.10. The van der Waals surface area contributed by atoms with E-state index in [1.165, 1.54) is 32.9 Å². The first-order chi connectivity index (χ1) is 20.7. The molecule has 2 aliphatic heterocycles. The van der Waals surface area contributed by atoms with E-state index >= 15 is 0 Å². The Morgan fingerprint density at radius 3 is 2.09 bits per heavy atom. The van der Waals surface area contributed by atoms with Gasteiger partial charge >= 0.3 is 23.9 Å². The highest BCUT2D eigenvalue weighted by atomic mass is 16.6. The van der Waals surface area contributed by atoms with Crippen LogP contribution in [0.4, 0.5) is 0 Å². The Kier molecular flexibility index (Phi) is 9.46. The second kappa shape index (κ2) is 12.9. The maximum Gasteiger partial charge on any atom is 0.308 e. The summed E-state index contributed by atoms with van der Waals surface area (Å²) in [6.07, 6.45) is 0.00490. The molecule has 0 spiro atoms. The summed E-state index contributed by atoms with van der Waals surface area (Å²) in [5.41, 5.74) is 0.863. The molecule has 11 heteroatoms. The zero-order valence-corrected chi connectivity index (χ0v) is 25.8. The van der Waals surface area contributed by atoms with E-state index in [1.54, 1.807) is 18.2 Å². The van der Waals surface area contributed by atoms with Crippen LogP contribution in [0.3, 0.4) is 0 Å². The van der Waals surface area contributed by atoms with Crippen LogP contribution in [-0.2, 0) is 35.1 Å². The number of fused-ring (bicyclic) bond motifs is 2. The predicted molar refractivity (Wildman–Crippen MR) is 156 cm³/mol. The summed E-state index contributed by atoms with van der Waals surface area (Å²) in [6, 6.07) is 7.77. The van der Waals surface area contributed by atoms with Gasteiger partial charge < -0.3 is 28.4 Å². The number of rotatable bonds is 8. The number of carbonyl (C=O) groups is 5. The molecule has 4 rings (SSSR count). The second-order valence-electron chi connectivity index (χ2n) is 11.3. The number of carbonyl (C=O) groups excluding carboxylic acids is 5. The topological polar surface area (TPSA) is 141 Å². The molecule has 234 valence electrons. The number of Topliss-reactive ketones (excluding diaryl/α,β-unsaturated/α-hetero) is 1. The van der Waals surface area contributed by atoms with Crippen LogP contribution in [0, 0.1) is 0 Å². The van der Waals surface area contributed by atoms with Crippen LogP contribution in [0.15, 0.2) is 42.0 Å². The quantitative estimate of drug-likeness (QED) is 0.223. The largest absolute Gasteiger partial charge is 0.483 e. The van der Waals surface area contributed by atoms with Crippen molar-refractivity contribution in [2.45, 2.75) is 91.6 Å². The Balaban J connectivity index is 1.85. The van der Waals surface area contributed by atoms with Gasteiger partial charge in [-0.25, -0.2) is 0 Å². The average molecular weight is 609 g/mol. The van der Waals surface area contributed by atoms with Crippen LogP contribution in [-0.4, -0.2) is 47.5 Å². The van der Waals surface area contributed by atoms with Gasteiger partial charge in [-0.1, -0.05) is 23.8 Å². The summed E-state index contributed by atoms with van der Waals surface area (Å²) < 4.78 is 34.7. The van der Waals surface area contributed by atoms with E-state index in [0.29, 0.717) is 29.7 Å². The highest BCUT2D eigenvalue weighted by Gasteiger charge is 2.48. The SMILES string of the molecule is CC(=O)Oc1ccc([C@H]2Oc3cc4c(c(OC(C)=O)c3C(=O)[C@@H]2OC(C)=O)C[C@@H](OC(C)=O)[C@](C)(CCC=C(C)C)O4)cc1. The highest BCUT2D eigenvalue weighted by Crippen LogP contribution is 2.50. The van der Waals surface area contributed by atoms with Crippen molar-refractivity contribution < 1.29 is 52.4 Å². The number of ketones is 1. The fourth-order valence-corrected chi connectivity index (χ4v) is 5.37. The van der Waals surface area contributed by atoms with Gasteiger partial charge in [0.05, 0.1) is 0 Å². The molecule has 2 aromatic carbocycles. The molecule has 0 saturated carbocycles. The van der Waals surface area contributed by atoms with Crippen molar-refractivity contribution in [2.24, 2.45) is 0 Å². The first-order valence-electron chi connectivity index (χ1n) is 14.2. The summed E-state index contributed by atoms with van der Waals surface area (Å²) in [7, 11) is 0. The molecule has 0 fully saturated rings. The van der Waals surface area contributed by atoms with E-state index in [1.807, 2.05) is 20.8 Å². The van der Waals surface area contributed by atoms with Crippen LogP contribution in [0.25, 0.3) is 0 Å². The average Bonchev–Trinajstić information content (AvgIpc) is 2.90. The molecule has 0 unspecified atom stereocenters. The number of hydrogen-bond acceptors (Lipinski definition) is 11. The lowest BCUT2D eigenvalue weighted by Gasteiger charge is -2.43. The molecule has 2 aliphatic rings. The lowest BCUT2D eigenvalue weighted by atomic mass is 9.83. The Morgan fingerprint density at radius 1 is 0.886 bits per heavy atom. The van der Waals surface area contributed by atoms with Crippen LogP contribution in [0.1, 0.15) is 88.9 Å². The Labute approximate surface area is 255 Å². The number of allylic oxidation sites excluding steroid dienone is 2. The van der Waals surface area contributed by atoms with E-state index in [4.69, 9.17) is 28.4 Å². The molecule has 44 heavy (non-hydrogen) atoms. The zero-order valence-electron chi connectivity index (χ0n) is 25.8. The first-order valence-corrected chi connectivity index (χ1v) is 14.2. The van der Waals surface area contributed by atoms with Crippen LogP contribution >= 0.6 is 0 Å². The van der Waals surface area contributed by atoms with Crippen LogP contribution < -0.4 is 18.9 Å². The van der Waals surface area contributed by atoms with Crippen molar-refractivity contribution in [3.63, 3.8) is 0 Å². The summed E-state index contributed by atoms with van der Waals surface area (Å²) in [5, 5.41) is 0. The first kappa shape index (κ1) is 32.2. The van der Waals surface area contributed by atoms with Crippen molar-refractivity contribution >= 4 is 29.7 Å². The van der Waals surface area contributed by atoms with E-state index in [0.717, 1.165) is 12.5 Å². The molecule has 0 aromatic heterocycles. The van der Waals surface area contributed by atoms with Crippen molar-refractivity contribution in [3.8, 4) is 23.0 Å². The standard InChI is InChI=1S/C33H36O11/c1-17(2)9-8-14-33(7)27(40-19(4)35)15-24-25(44-33)16-26-28(31(24)41-20(5)36)29(38)32(42-21(6)37)30(43-26)22-10-12-23(13-11-22)39-18(3)34/h9-13,16,27,30,32H,8,14-15H2,1-7H3/t27-,30-,32+,33+/m1/s1. The smallest absolute Gasteiger partial charge is 0.308 e. The van der Waals surface area contributed by atoms with E-state index in [2.05, 4.69) is 6.08 Å². The van der Waals surface area contributed by atoms with E-state index in [-0.39, 0.29) is 29.2 Å². The number of benzene rings is 2. The molecular weight excluding hydrogens is 572 g/mol. The molecule has 2 aromatic rings. The molecule has 0 aliphatic carbocycles. The molecule has 0 radical (unpaired) electrons. The lowest BCUT2D eigenvalue weighted by Crippen LogP contribution is -2.51. The zero-order chi connectivity index (χ0) is 32.3. The fourth-order valence-electron chi connectivity index (χ4n) is 5.37. The van der Waals surface area contributed by atoms with E-state index in [9.17, 15) is 24.0 Å². The van der Waals surface area contributed by atoms with Crippen molar-refractivity contribution in [1.82, 2.24) is 0 Å². The van der Waals surface area contributed by atoms with Gasteiger partial charge in [0.2, 0.25) is 11.9 Å². The monoisotopic (exact) mass is 608 g/mol. The predicted octanol–water partition coefficient (Wildman–Crippen LogP) is 5.16. The number of hydrogen-bond donors (Lipinski definition) is 0. The molecule has 0 N–H and O–H groups in total. The summed E-state index contributed by atoms with van der Waals surface area (Å²) in [5.74, 6) is -2.59. The summed E-state index contributed by atoms with van der Waals surface area (Å²) in [6.45, 7) is 10.7. The molecule has 2 heterocycles. The minimum atomic E-state index is -1.44. The van der Waals surface area contributed by atoms with Gasteiger partial charge in [-0.3, -0.25) is 24.0 Å². The van der Waals surface area contributed by atoms with Crippen LogP contribution in [0.5, 0.6) is 23.0 Å². The van der Waals surface area contributed by atoms with E-state index < -0.39 is 53.6 Å². The summed E-state index contributed by atoms with van der Waals surface area (Å²) in [4.78, 5) is 62.0.